The molecular weight excluding hydrogens is 270 g/mol. The molecule has 0 atom stereocenters. The Kier molecular flexibility index (Phi) is 4.14. The fourth-order valence-electron chi connectivity index (χ4n) is 3.09. The average Bonchev–Trinajstić information content (AvgIpc) is 2.43. The van der Waals surface area contributed by atoms with Gasteiger partial charge in [-0.05, 0) is 61.4 Å². The first-order chi connectivity index (χ1) is 10.6. The van der Waals surface area contributed by atoms with Gasteiger partial charge < -0.3 is 11.1 Å². The first-order valence-corrected chi connectivity index (χ1v) is 7.84. The Morgan fingerprint density at radius 2 is 1.86 bits per heavy atom. The molecule has 1 fully saturated rings. The average molecular weight is 293 g/mol. The van der Waals surface area contributed by atoms with Crippen LogP contribution in [-0.4, -0.2) is 12.0 Å². The quantitative estimate of drug-likeness (QED) is 0.664. The van der Waals surface area contributed by atoms with Gasteiger partial charge in [-0.15, -0.1) is 0 Å². The zero-order valence-electron chi connectivity index (χ0n) is 13.2. The Morgan fingerprint density at radius 3 is 2.59 bits per heavy atom. The van der Waals surface area contributed by atoms with Crippen molar-refractivity contribution in [2.45, 2.75) is 38.6 Å². The summed E-state index contributed by atoms with van der Waals surface area (Å²) in [4.78, 5) is 4.60. The summed E-state index contributed by atoms with van der Waals surface area (Å²) in [5, 5.41) is 3.18. The van der Waals surface area contributed by atoms with Crippen LogP contribution in [0, 0.1) is 13.8 Å². The molecule has 0 aromatic heterocycles. The van der Waals surface area contributed by atoms with Crippen molar-refractivity contribution >= 4 is 11.6 Å². The van der Waals surface area contributed by atoms with Gasteiger partial charge in [0.05, 0.1) is 6.04 Å². The smallest absolute Gasteiger partial charge is 0.193 e. The van der Waals surface area contributed by atoms with Crippen LogP contribution in [0.3, 0.4) is 0 Å². The molecule has 114 valence electrons. The van der Waals surface area contributed by atoms with Crippen molar-refractivity contribution in [1.82, 2.24) is 0 Å². The number of nitrogens with two attached hydrogens (primary N) is 1. The predicted octanol–water partition coefficient (Wildman–Crippen LogP) is 3.98. The van der Waals surface area contributed by atoms with Crippen LogP contribution >= 0.6 is 0 Å². The van der Waals surface area contributed by atoms with Gasteiger partial charge in [0.15, 0.2) is 5.96 Å². The predicted molar refractivity (Wildman–Crippen MR) is 93.4 cm³/mol. The lowest BCUT2D eigenvalue weighted by Crippen LogP contribution is -2.31. The highest BCUT2D eigenvalue weighted by Gasteiger charge is 2.30. The summed E-state index contributed by atoms with van der Waals surface area (Å²) < 4.78 is 0. The highest BCUT2D eigenvalue weighted by atomic mass is 15.1. The van der Waals surface area contributed by atoms with E-state index in [1.807, 2.05) is 12.1 Å². The van der Waals surface area contributed by atoms with Crippen molar-refractivity contribution in [3.8, 4) is 0 Å². The second-order valence-electron chi connectivity index (χ2n) is 6.19. The molecule has 0 bridgehead atoms. The lowest BCUT2D eigenvalue weighted by Gasteiger charge is -2.34. The molecule has 3 rings (SSSR count). The Bertz CT molecular complexity index is 685. The van der Waals surface area contributed by atoms with Gasteiger partial charge in [0.2, 0.25) is 0 Å². The second kappa shape index (κ2) is 6.22. The lowest BCUT2D eigenvalue weighted by atomic mass is 9.75. The maximum Gasteiger partial charge on any atom is 0.193 e. The molecule has 0 aliphatic heterocycles. The Hall–Kier alpha value is -2.29. The van der Waals surface area contributed by atoms with Crippen molar-refractivity contribution in [1.29, 1.82) is 0 Å². The molecule has 0 radical (unpaired) electrons. The first-order valence-electron chi connectivity index (χ1n) is 7.84. The molecule has 2 aromatic carbocycles. The highest BCUT2D eigenvalue weighted by molar-refractivity contribution is 5.92. The van der Waals surface area contributed by atoms with E-state index in [2.05, 4.69) is 60.6 Å². The van der Waals surface area contributed by atoms with Crippen LogP contribution < -0.4 is 11.1 Å². The fraction of sp³-hybridized carbons (Fsp3) is 0.316. The van der Waals surface area contributed by atoms with Gasteiger partial charge in [0.25, 0.3) is 0 Å². The van der Waals surface area contributed by atoms with E-state index < -0.39 is 0 Å². The van der Waals surface area contributed by atoms with Crippen molar-refractivity contribution < 1.29 is 0 Å². The largest absolute Gasteiger partial charge is 0.370 e. The van der Waals surface area contributed by atoms with E-state index >= 15 is 0 Å². The molecule has 3 heteroatoms. The zero-order chi connectivity index (χ0) is 15.5. The van der Waals surface area contributed by atoms with Crippen LogP contribution in [0.4, 0.5) is 5.69 Å². The summed E-state index contributed by atoms with van der Waals surface area (Å²) in [6, 6.07) is 17.1. The third-order valence-electron chi connectivity index (χ3n) is 4.35. The van der Waals surface area contributed by atoms with Gasteiger partial charge in [0.1, 0.15) is 0 Å². The number of aliphatic imine (C=N–C) groups is 1. The third-order valence-corrected chi connectivity index (χ3v) is 4.35. The normalized spacial score (nSPS) is 21.3. The topological polar surface area (TPSA) is 50.4 Å². The zero-order valence-corrected chi connectivity index (χ0v) is 13.2. The van der Waals surface area contributed by atoms with E-state index in [0.29, 0.717) is 17.9 Å². The molecule has 1 aliphatic rings. The number of hydrogen-bond donors (Lipinski definition) is 2. The summed E-state index contributed by atoms with van der Waals surface area (Å²) in [5.41, 5.74) is 11.1. The molecule has 0 amide bonds. The van der Waals surface area contributed by atoms with E-state index in [1.165, 1.54) is 16.7 Å². The highest BCUT2D eigenvalue weighted by Crippen LogP contribution is 2.39. The van der Waals surface area contributed by atoms with Crippen molar-refractivity contribution in [3.05, 3.63) is 65.2 Å². The minimum Gasteiger partial charge on any atom is -0.370 e. The van der Waals surface area contributed by atoms with Crippen LogP contribution in [0.1, 0.15) is 35.4 Å². The number of nitrogens with zero attached hydrogens (tertiary/aromatic N) is 1. The number of rotatable bonds is 3. The Labute approximate surface area is 132 Å². The fourth-order valence-corrected chi connectivity index (χ4v) is 3.09. The van der Waals surface area contributed by atoms with Crippen LogP contribution in [0.5, 0.6) is 0 Å². The number of aryl methyl sites for hydroxylation is 2. The van der Waals surface area contributed by atoms with E-state index in [-0.39, 0.29) is 0 Å². The van der Waals surface area contributed by atoms with Gasteiger partial charge >= 0.3 is 0 Å². The maximum atomic E-state index is 6.02. The maximum absolute atomic E-state index is 6.02. The molecule has 1 saturated carbocycles. The molecule has 0 saturated heterocycles. The van der Waals surface area contributed by atoms with Crippen LogP contribution in [0.15, 0.2) is 53.5 Å². The summed E-state index contributed by atoms with van der Waals surface area (Å²) in [5.74, 6) is 1.14. The molecule has 3 nitrogen and oxygen atoms in total. The third kappa shape index (κ3) is 3.30. The standard InChI is InChI=1S/C19H23N3/c1-13-6-5-8-16(10-13)21-19(20)22-17-11-15(12-17)18-9-4-3-7-14(18)2/h3-10,15,17H,11-12H2,1-2H3,(H3,20,21,22). The molecule has 0 heterocycles. The number of benzene rings is 2. The number of guanidine groups is 1. The van der Waals surface area contributed by atoms with Gasteiger partial charge in [-0.2, -0.15) is 0 Å². The molecule has 3 N–H and O–H groups in total. The number of hydrogen-bond acceptors (Lipinski definition) is 1. The number of anilines is 1. The van der Waals surface area contributed by atoms with Gasteiger partial charge in [-0.3, -0.25) is 0 Å². The van der Waals surface area contributed by atoms with E-state index in [1.54, 1.807) is 0 Å². The summed E-state index contributed by atoms with van der Waals surface area (Å²) >= 11 is 0. The monoisotopic (exact) mass is 293 g/mol. The summed E-state index contributed by atoms with van der Waals surface area (Å²) in [7, 11) is 0. The van der Waals surface area contributed by atoms with Crippen molar-refractivity contribution in [2.24, 2.45) is 10.7 Å². The van der Waals surface area contributed by atoms with Crippen molar-refractivity contribution in [3.63, 3.8) is 0 Å². The van der Waals surface area contributed by atoms with E-state index in [4.69, 9.17) is 5.73 Å². The lowest BCUT2D eigenvalue weighted by molar-refractivity contribution is 0.352. The molecule has 0 unspecified atom stereocenters. The van der Waals surface area contributed by atoms with Gasteiger partial charge in [-0.1, -0.05) is 36.4 Å². The van der Waals surface area contributed by atoms with Crippen LogP contribution in [-0.2, 0) is 0 Å². The Balaban J connectivity index is 1.58. The minimum absolute atomic E-state index is 0.335. The molecular formula is C19H23N3. The molecule has 0 spiro atoms. The van der Waals surface area contributed by atoms with Crippen LogP contribution in [0.25, 0.3) is 0 Å². The summed E-state index contributed by atoms with van der Waals surface area (Å²) in [6.45, 7) is 4.25. The minimum atomic E-state index is 0.335. The van der Waals surface area contributed by atoms with E-state index in [0.717, 1.165) is 18.5 Å². The Morgan fingerprint density at radius 1 is 1.09 bits per heavy atom. The van der Waals surface area contributed by atoms with Crippen LogP contribution in [0.2, 0.25) is 0 Å². The summed E-state index contributed by atoms with van der Waals surface area (Å²) in [6.07, 6.45) is 2.17. The molecule has 1 aliphatic carbocycles. The first kappa shape index (κ1) is 14.6. The second-order valence-corrected chi connectivity index (χ2v) is 6.19. The SMILES string of the molecule is Cc1cccc(NC(N)=NC2CC(c3ccccc3C)C2)c1. The van der Waals surface area contributed by atoms with Gasteiger partial charge in [-0.25, -0.2) is 4.99 Å². The van der Waals surface area contributed by atoms with Crippen molar-refractivity contribution in [2.75, 3.05) is 5.32 Å². The molecule has 22 heavy (non-hydrogen) atoms. The number of nitrogens with one attached hydrogen (secondary N) is 1. The van der Waals surface area contributed by atoms with E-state index in [9.17, 15) is 0 Å². The molecule has 2 aromatic rings. The van der Waals surface area contributed by atoms with Gasteiger partial charge in [0, 0.05) is 5.69 Å².